The molecule has 0 saturated carbocycles. The zero-order chi connectivity index (χ0) is 19.9. The van der Waals surface area contributed by atoms with Crippen molar-refractivity contribution >= 4 is 23.8 Å². The fourth-order valence-corrected chi connectivity index (χ4v) is 3.72. The van der Waals surface area contributed by atoms with E-state index in [0.717, 1.165) is 19.1 Å². The molecule has 0 bridgehead atoms. The van der Waals surface area contributed by atoms with Crippen molar-refractivity contribution in [2.24, 2.45) is 11.8 Å². The number of fused-ring (bicyclic) bond motifs is 1. The lowest BCUT2D eigenvalue weighted by atomic mass is 9.79. The Hall–Kier alpha value is -2.94. The molecule has 2 fully saturated rings. The van der Waals surface area contributed by atoms with E-state index >= 15 is 0 Å². The van der Waals surface area contributed by atoms with Gasteiger partial charge in [0.15, 0.2) is 0 Å². The van der Waals surface area contributed by atoms with Gasteiger partial charge in [0.2, 0.25) is 11.8 Å². The summed E-state index contributed by atoms with van der Waals surface area (Å²) in [5, 5.41) is 0. The van der Waals surface area contributed by atoms with Gasteiger partial charge >= 0.3 is 11.9 Å². The van der Waals surface area contributed by atoms with Crippen LogP contribution in [0.5, 0.6) is 5.75 Å². The third-order valence-corrected chi connectivity index (χ3v) is 5.07. The van der Waals surface area contributed by atoms with E-state index in [2.05, 4.69) is 0 Å². The van der Waals surface area contributed by atoms with Gasteiger partial charge in [-0.1, -0.05) is 12.1 Å². The summed E-state index contributed by atoms with van der Waals surface area (Å²) in [6.07, 6.45) is -1.01. The zero-order valence-corrected chi connectivity index (χ0v) is 15.3. The van der Waals surface area contributed by atoms with Gasteiger partial charge in [0.1, 0.15) is 11.7 Å². The molecule has 2 amide bonds. The molecular weight excluding hydrogens is 358 g/mol. The highest BCUT2D eigenvalue weighted by Gasteiger charge is 2.74. The lowest BCUT2D eigenvalue weighted by Crippen LogP contribution is -2.55. The number of benzene rings is 1. The summed E-state index contributed by atoms with van der Waals surface area (Å²) in [4.78, 5) is 51.5. The van der Waals surface area contributed by atoms with Crippen LogP contribution in [0.15, 0.2) is 24.3 Å². The maximum atomic E-state index is 12.7. The van der Waals surface area contributed by atoms with Crippen molar-refractivity contribution in [2.45, 2.75) is 11.7 Å². The number of hydrogen-bond acceptors (Lipinski definition) is 8. The Bertz CT molecular complexity index is 786. The second kappa shape index (κ2) is 6.66. The van der Waals surface area contributed by atoms with Gasteiger partial charge in [-0.25, -0.2) is 9.59 Å². The van der Waals surface area contributed by atoms with Crippen molar-refractivity contribution in [3.63, 3.8) is 0 Å². The normalized spacial score (nSPS) is 25.9. The molecule has 0 aromatic heterocycles. The molecule has 3 rings (SSSR count). The highest BCUT2D eigenvalue weighted by Crippen LogP contribution is 2.53. The summed E-state index contributed by atoms with van der Waals surface area (Å²) in [6, 6.07) is 6.58. The molecule has 2 aliphatic heterocycles. The number of imide groups is 1. The average molecular weight is 377 g/mol. The Balaban J connectivity index is 2.16. The lowest BCUT2D eigenvalue weighted by molar-refractivity contribution is -0.192. The van der Waals surface area contributed by atoms with Crippen LogP contribution in [0.25, 0.3) is 0 Å². The van der Waals surface area contributed by atoms with Crippen LogP contribution in [-0.4, -0.2) is 62.6 Å². The minimum atomic E-state index is -2.35. The van der Waals surface area contributed by atoms with E-state index in [4.69, 9.17) is 18.9 Å². The van der Waals surface area contributed by atoms with Gasteiger partial charge in [0.05, 0.1) is 33.4 Å². The molecule has 2 aliphatic rings. The monoisotopic (exact) mass is 377 g/mol. The molecule has 2 heterocycles. The first-order chi connectivity index (χ1) is 12.8. The number of carbonyl (C=O) groups is 4. The van der Waals surface area contributed by atoms with Crippen molar-refractivity contribution in [3.05, 3.63) is 29.8 Å². The van der Waals surface area contributed by atoms with Crippen molar-refractivity contribution in [1.29, 1.82) is 0 Å². The van der Waals surface area contributed by atoms with Gasteiger partial charge in [-0.15, -0.1) is 0 Å². The fourth-order valence-electron chi connectivity index (χ4n) is 3.72. The smallest absolute Gasteiger partial charge is 0.350 e. The topological polar surface area (TPSA) is 108 Å². The molecule has 1 aromatic carbocycles. The standard InChI is InChI=1S/C18H19NO8/c1-19-14(20)11-12(15(19)21)18(16(22)25-3,17(23)26-4)27-13(11)9-5-7-10(24-2)8-6-9/h5-8,11-13H,1-4H3/t11-,12-,13?/m0/s1. The second-order valence-electron chi connectivity index (χ2n) is 6.27. The Morgan fingerprint density at radius 1 is 1.00 bits per heavy atom. The van der Waals surface area contributed by atoms with E-state index in [-0.39, 0.29) is 0 Å². The number of ether oxygens (including phenoxy) is 4. The second-order valence-corrected chi connectivity index (χ2v) is 6.27. The van der Waals surface area contributed by atoms with Gasteiger partial charge < -0.3 is 18.9 Å². The lowest BCUT2D eigenvalue weighted by Gasteiger charge is -2.28. The summed E-state index contributed by atoms with van der Waals surface area (Å²) in [5.41, 5.74) is -1.84. The first kappa shape index (κ1) is 18.8. The minimum Gasteiger partial charge on any atom is -0.497 e. The van der Waals surface area contributed by atoms with E-state index in [1.807, 2.05) is 0 Å². The van der Waals surface area contributed by atoms with Crippen LogP contribution in [0.2, 0.25) is 0 Å². The molecule has 0 spiro atoms. The molecule has 2 saturated heterocycles. The van der Waals surface area contributed by atoms with Crippen LogP contribution in [0, 0.1) is 11.8 Å². The van der Waals surface area contributed by atoms with Crippen molar-refractivity contribution in [3.8, 4) is 5.75 Å². The number of rotatable bonds is 4. The maximum Gasteiger partial charge on any atom is 0.350 e. The average Bonchev–Trinajstić information content (AvgIpc) is 3.17. The number of carbonyl (C=O) groups excluding carboxylic acids is 4. The zero-order valence-electron chi connectivity index (χ0n) is 15.3. The van der Waals surface area contributed by atoms with Crippen LogP contribution in [0.3, 0.4) is 0 Å². The first-order valence-electron chi connectivity index (χ1n) is 8.13. The first-order valence-corrected chi connectivity index (χ1v) is 8.13. The summed E-state index contributed by atoms with van der Waals surface area (Å²) in [6.45, 7) is 0. The number of hydrogen-bond donors (Lipinski definition) is 0. The Kier molecular flexibility index (Phi) is 4.64. The molecular formula is C18H19NO8. The van der Waals surface area contributed by atoms with Crippen LogP contribution in [-0.2, 0) is 33.4 Å². The molecule has 9 nitrogen and oxygen atoms in total. The van der Waals surface area contributed by atoms with Gasteiger partial charge in [-0.2, -0.15) is 0 Å². The van der Waals surface area contributed by atoms with Crippen molar-refractivity contribution < 1.29 is 38.1 Å². The molecule has 144 valence electrons. The summed E-state index contributed by atoms with van der Waals surface area (Å²) >= 11 is 0. The maximum absolute atomic E-state index is 12.7. The molecule has 0 N–H and O–H groups in total. The summed E-state index contributed by atoms with van der Waals surface area (Å²) in [5.74, 6) is -5.27. The highest BCUT2D eigenvalue weighted by atomic mass is 16.6. The molecule has 1 aromatic rings. The number of nitrogens with zero attached hydrogens (tertiary/aromatic N) is 1. The van der Waals surface area contributed by atoms with E-state index < -0.39 is 47.3 Å². The molecule has 0 radical (unpaired) electrons. The Labute approximate surface area is 155 Å². The number of esters is 2. The van der Waals surface area contributed by atoms with E-state index in [1.54, 1.807) is 24.3 Å². The van der Waals surface area contributed by atoms with Gasteiger partial charge in [0, 0.05) is 7.05 Å². The summed E-state index contributed by atoms with van der Waals surface area (Å²) < 4.78 is 20.4. The van der Waals surface area contributed by atoms with Gasteiger partial charge in [-0.05, 0) is 17.7 Å². The third-order valence-electron chi connectivity index (χ3n) is 5.07. The highest BCUT2D eigenvalue weighted by molar-refractivity contribution is 6.15. The number of methoxy groups -OCH3 is 3. The Morgan fingerprint density at radius 3 is 2.04 bits per heavy atom. The van der Waals surface area contributed by atoms with Gasteiger partial charge in [-0.3, -0.25) is 14.5 Å². The van der Waals surface area contributed by atoms with Crippen molar-refractivity contribution in [2.75, 3.05) is 28.4 Å². The van der Waals surface area contributed by atoms with Crippen LogP contribution >= 0.6 is 0 Å². The van der Waals surface area contributed by atoms with Gasteiger partial charge in [0.25, 0.3) is 5.60 Å². The largest absolute Gasteiger partial charge is 0.497 e. The van der Waals surface area contributed by atoms with Crippen LogP contribution < -0.4 is 4.74 Å². The van der Waals surface area contributed by atoms with E-state index in [0.29, 0.717) is 11.3 Å². The SMILES string of the molecule is COC(=O)C1(C(=O)OC)OC(c2ccc(OC)cc2)[C@H]2C(=O)N(C)C(=O)[C@H]21. The van der Waals surface area contributed by atoms with Crippen molar-refractivity contribution in [1.82, 2.24) is 4.90 Å². The number of likely N-dealkylation sites (tertiary alicyclic amines) is 1. The molecule has 9 heteroatoms. The third kappa shape index (κ3) is 2.49. The van der Waals surface area contributed by atoms with Crippen LogP contribution in [0.1, 0.15) is 11.7 Å². The van der Waals surface area contributed by atoms with E-state index in [9.17, 15) is 19.2 Å². The predicted molar refractivity (Wildman–Crippen MR) is 88.3 cm³/mol. The molecule has 27 heavy (non-hydrogen) atoms. The molecule has 1 unspecified atom stereocenters. The number of amides is 2. The predicted octanol–water partition coefficient (Wildman–Crippen LogP) is 0.0823. The fraction of sp³-hybridized carbons (Fsp3) is 0.444. The molecule has 3 atom stereocenters. The summed E-state index contributed by atoms with van der Waals surface area (Å²) in [7, 11) is 4.94. The Morgan fingerprint density at radius 2 is 1.56 bits per heavy atom. The quantitative estimate of drug-likeness (QED) is 0.412. The van der Waals surface area contributed by atoms with Crippen LogP contribution in [0.4, 0.5) is 0 Å². The minimum absolute atomic E-state index is 0.511. The molecule has 0 aliphatic carbocycles. The van der Waals surface area contributed by atoms with E-state index in [1.165, 1.54) is 14.2 Å².